The first-order valence-electron chi connectivity index (χ1n) is 7.63. The summed E-state index contributed by atoms with van der Waals surface area (Å²) in [6, 6.07) is 12.7. The zero-order valence-corrected chi connectivity index (χ0v) is 14.1. The lowest BCUT2D eigenvalue weighted by Crippen LogP contribution is -2.05. The van der Waals surface area contributed by atoms with Gasteiger partial charge in [0.2, 0.25) is 0 Å². The Bertz CT molecular complexity index is 993. The topological polar surface area (TPSA) is 71.5 Å². The number of halogens is 1. The molecule has 1 aromatic heterocycles. The molecule has 2 heterocycles. The number of para-hydroxylation sites is 1. The van der Waals surface area contributed by atoms with Crippen molar-refractivity contribution < 1.29 is 19.4 Å². The Labute approximate surface area is 148 Å². The number of aromatic carboxylic acids is 1. The largest absolute Gasteiger partial charge is 0.497 e. The van der Waals surface area contributed by atoms with Crippen molar-refractivity contribution in [2.75, 3.05) is 7.11 Å². The van der Waals surface area contributed by atoms with E-state index in [1.807, 2.05) is 24.3 Å². The number of benzene rings is 2. The highest BCUT2D eigenvalue weighted by atomic mass is 35.5. The molecule has 2 N–H and O–H groups in total. The minimum absolute atomic E-state index is 0.106. The summed E-state index contributed by atoms with van der Waals surface area (Å²) in [4.78, 5) is 14.9. The van der Waals surface area contributed by atoms with Crippen molar-refractivity contribution in [3.8, 4) is 33.9 Å². The number of hydrogen-bond donors (Lipinski definition) is 2. The molecule has 0 amide bonds. The second-order valence-corrected chi connectivity index (χ2v) is 6.13. The normalized spacial score (nSPS) is 12.1. The lowest BCUT2D eigenvalue weighted by atomic mass is 9.96. The first kappa shape index (κ1) is 15.6. The van der Waals surface area contributed by atoms with E-state index < -0.39 is 5.97 Å². The number of nitrogens with one attached hydrogen (secondary N) is 1. The molecule has 0 saturated heterocycles. The van der Waals surface area contributed by atoms with Crippen LogP contribution in [0.25, 0.3) is 22.4 Å². The highest BCUT2D eigenvalue weighted by Gasteiger charge is 2.28. The summed E-state index contributed by atoms with van der Waals surface area (Å²) >= 11 is 6.17. The molecule has 5 nitrogen and oxygen atoms in total. The number of methoxy groups -OCH3 is 1. The SMILES string of the molecule is COc1cc(Cl)cc(-c2c(C(=O)O)[nH]c3c2COc2ccccc2-3)c1. The van der Waals surface area contributed by atoms with Crippen molar-refractivity contribution in [2.24, 2.45) is 0 Å². The number of carboxylic acids is 1. The smallest absolute Gasteiger partial charge is 0.352 e. The van der Waals surface area contributed by atoms with E-state index in [4.69, 9.17) is 21.1 Å². The quantitative estimate of drug-likeness (QED) is 0.720. The van der Waals surface area contributed by atoms with Crippen LogP contribution in [-0.2, 0) is 6.61 Å². The lowest BCUT2D eigenvalue weighted by Gasteiger charge is -2.18. The molecule has 0 spiro atoms. The minimum atomic E-state index is -1.04. The molecule has 0 radical (unpaired) electrons. The molecule has 0 bridgehead atoms. The number of aromatic amines is 1. The van der Waals surface area contributed by atoms with E-state index in [2.05, 4.69) is 4.98 Å². The van der Waals surface area contributed by atoms with Crippen LogP contribution in [0.2, 0.25) is 5.02 Å². The van der Waals surface area contributed by atoms with Gasteiger partial charge in [-0.1, -0.05) is 23.7 Å². The number of hydrogen-bond acceptors (Lipinski definition) is 3. The van der Waals surface area contributed by atoms with Gasteiger partial charge in [0.1, 0.15) is 23.8 Å². The Morgan fingerprint density at radius 1 is 1.28 bits per heavy atom. The molecule has 0 atom stereocenters. The van der Waals surface area contributed by atoms with Gasteiger partial charge in [-0.3, -0.25) is 0 Å². The molecule has 0 fully saturated rings. The highest BCUT2D eigenvalue weighted by molar-refractivity contribution is 6.31. The Morgan fingerprint density at radius 3 is 2.84 bits per heavy atom. The average molecular weight is 356 g/mol. The Morgan fingerprint density at radius 2 is 2.08 bits per heavy atom. The Hall–Kier alpha value is -2.92. The van der Waals surface area contributed by atoms with Gasteiger partial charge in [-0.05, 0) is 35.9 Å². The molecule has 126 valence electrons. The molecule has 25 heavy (non-hydrogen) atoms. The predicted molar refractivity (Wildman–Crippen MR) is 94.5 cm³/mol. The fraction of sp³-hybridized carbons (Fsp3) is 0.105. The van der Waals surface area contributed by atoms with Gasteiger partial charge in [0, 0.05) is 21.7 Å². The number of aromatic nitrogens is 1. The molecule has 1 aliphatic heterocycles. The number of carboxylic acid groups (broad SMARTS) is 1. The molecule has 0 unspecified atom stereocenters. The average Bonchev–Trinajstić information content (AvgIpc) is 3.01. The van der Waals surface area contributed by atoms with Gasteiger partial charge < -0.3 is 19.6 Å². The summed E-state index contributed by atoms with van der Waals surface area (Å²) in [5.74, 6) is 0.246. The zero-order valence-electron chi connectivity index (χ0n) is 13.3. The maximum absolute atomic E-state index is 11.8. The predicted octanol–water partition coefficient (Wildman–Crippen LogP) is 4.60. The van der Waals surface area contributed by atoms with Crippen molar-refractivity contribution in [2.45, 2.75) is 6.61 Å². The van der Waals surface area contributed by atoms with Crippen LogP contribution in [0.4, 0.5) is 0 Å². The van der Waals surface area contributed by atoms with Crippen LogP contribution in [-0.4, -0.2) is 23.2 Å². The van der Waals surface area contributed by atoms with Gasteiger partial charge in [0.05, 0.1) is 12.8 Å². The monoisotopic (exact) mass is 355 g/mol. The molecule has 6 heteroatoms. The van der Waals surface area contributed by atoms with Crippen LogP contribution in [0.3, 0.4) is 0 Å². The van der Waals surface area contributed by atoms with Crippen LogP contribution in [0.1, 0.15) is 16.1 Å². The lowest BCUT2D eigenvalue weighted by molar-refractivity contribution is 0.0692. The summed E-state index contributed by atoms with van der Waals surface area (Å²) in [6.45, 7) is 0.278. The first-order valence-corrected chi connectivity index (χ1v) is 8.01. The minimum Gasteiger partial charge on any atom is -0.497 e. The zero-order chi connectivity index (χ0) is 17.6. The Kier molecular flexibility index (Phi) is 3.66. The standard InChI is InChI=1S/C19H14ClNO4/c1-24-12-7-10(6-11(20)8-12)16-14-9-25-15-5-3-2-4-13(15)17(14)21-18(16)19(22)23/h2-8,21H,9H2,1H3,(H,22,23). The Balaban J connectivity index is 2.00. The molecule has 2 aromatic carbocycles. The molecular weight excluding hydrogens is 342 g/mol. The van der Waals surface area contributed by atoms with E-state index in [0.29, 0.717) is 21.9 Å². The van der Waals surface area contributed by atoms with Gasteiger partial charge in [0.25, 0.3) is 0 Å². The number of ether oxygens (including phenoxy) is 2. The van der Waals surface area contributed by atoms with E-state index in [9.17, 15) is 9.90 Å². The maximum Gasteiger partial charge on any atom is 0.352 e. The molecule has 1 aliphatic rings. The van der Waals surface area contributed by atoms with Crippen molar-refractivity contribution >= 4 is 17.6 Å². The third-order valence-corrected chi connectivity index (χ3v) is 4.46. The first-order chi connectivity index (χ1) is 12.1. The van der Waals surface area contributed by atoms with Crippen molar-refractivity contribution in [1.82, 2.24) is 4.98 Å². The van der Waals surface area contributed by atoms with E-state index in [0.717, 1.165) is 22.6 Å². The van der Waals surface area contributed by atoms with Gasteiger partial charge in [-0.15, -0.1) is 0 Å². The summed E-state index contributed by atoms with van der Waals surface area (Å²) < 4.78 is 11.1. The third-order valence-electron chi connectivity index (χ3n) is 4.24. The molecule has 4 rings (SSSR count). The van der Waals surface area contributed by atoms with Crippen LogP contribution in [0.5, 0.6) is 11.5 Å². The van der Waals surface area contributed by atoms with Crippen LogP contribution in [0, 0.1) is 0 Å². The van der Waals surface area contributed by atoms with E-state index >= 15 is 0 Å². The fourth-order valence-electron chi connectivity index (χ4n) is 3.17. The second-order valence-electron chi connectivity index (χ2n) is 5.70. The van der Waals surface area contributed by atoms with Crippen molar-refractivity contribution in [1.29, 1.82) is 0 Å². The number of rotatable bonds is 3. The molecule has 3 aromatic rings. The summed E-state index contributed by atoms with van der Waals surface area (Å²) in [5, 5.41) is 10.2. The summed E-state index contributed by atoms with van der Waals surface area (Å²) in [5.41, 5.74) is 3.73. The van der Waals surface area contributed by atoms with Gasteiger partial charge in [0.15, 0.2) is 0 Å². The van der Waals surface area contributed by atoms with Gasteiger partial charge in [-0.25, -0.2) is 4.79 Å². The number of fused-ring (bicyclic) bond motifs is 3. The number of H-pyrrole nitrogens is 1. The molecular formula is C19H14ClNO4. The van der Waals surface area contributed by atoms with Crippen LogP contribution in [0.15, 0.2) is 42.5 Å². The fourth-order valence-corrected chi connectivity index (χ4v) is 3.39. The van der Waals surface area contributed by atoms with Gasteiger partial charge in [-0.2, -0.15) is 0 Å². The highest BCUT2D eigenvalue weighted by Crippen LogP contribution is 2.43. The van der Waals surface area contributed by atoms with E-state index in [1.54, 1.807) is 25.3 Å². The van der Waals surface area contributed by atoms with Gasteiger partial charge >= 0.3 is 5.97 Å². The van der Waals surface area contributed by atoms with Crippen molar-refractivity contribution in [3.05, 3.63) is 58.7 Å². The maximum atomic E-state index is 11.8. The van der Waals surface area contributed by atoms with E-state index in [-0.39, 0.29) is 12.3 Å². The van der Waals surface area contributed by atoms with Crippen LogP contribution < -0.4 is 9.47 Å². The third kappa shape index (κ3) is 2.53. The molecule has 0 saturated carbocycles. The summed E-state index contributed by atoms with van der Waals surface area (Å²) in [6.07, 6.45) is 0. The van der Waals surface area contributed by atoms with E-state index in [1.165, 1.54) is 0 Å². The molecule has 0 aliphatic carbocycles. The second kappa shape index (κ2) is 5.86. The van der Waals surface area contributed by atoms with Crippen molar-refractivity contribution in [3.63, 3.8) is 0 Å². The summed E-state index contributed by atoms with van der Waals surface area (Å²) in [7, 11) is 1.54. The van der Waals surface area contributed by atoms with Crippen LogP contribution >= 0.6 is 11.6 Å². The number of carbonyl (C=O) groups is 1.